The number of rotatable bonds is 9. The lowest BCUT2D eigenvalue weighted by Crippen LogP contribution is -2.39. The Hall–Kier alpha value is -2.07. The van der Waals surface area contributed by atoms with Crippen LogP contribution in [0.5, 0.6) is 5.75 Å². The lowest BCUT2D eigenvalue weighted by atomic mass is 10.2. The van der Waals surface area contributed by atoms with Crippen LogP contribution in [0.15, 0.2) is 52.1 Å². The smallest absolute Gasteiger partial charge is 0.191 e. The van der Waals surface area contributed by atoms with Crippen molar-refractivity contribution in [3.63, 3.8) is 0 Å². The average Bonchev–Trinajstić information content (AvgIpc) is 3.36. The maximum absolute atomic E-state index is 5.40. The van der Waals surface area contributed by atoms with Crippen molar-refractivity contribution in [2.24, 2.45) is 4.99 Å². The van der Waals surface area contributed by atoms with Crippen LogP contribution in [0, 0.1) is 13.8 Å². The third kappa shape index (κ3) is 7.64. The van der Waals surface area contributed by atoms with Gasteiger partial charge in [-0.15, -0.1) is 35.3 Å². The number of benzene rings is 1. The number of aliphatic imine (C=N–C) groups is 1. The highest BCUT2D eigenvalue weighted by Gasteiger charge is 2.05. The quantitative estimate of drug-likeness (QED) is 0.238. The van der Waals surface area contributed by atoms with Gasteiger partial charge in [-0.2, -0.15) is 0 Å². The molecule has 162 valence electrons. The Kier molecular flexibility index (Phi) is 10.2. The van der Waals surface area contributed by atoms with Crippen molar-refractivity contribution in [3.8, 4) is 5.75 Å². The van der Waals surface area contributed by atoms with Crippen LogP contribution in [0.1, 0.15) is 26.9 Å². The highest BCUT2D eigenvalue weighted by atomic mass is 127. The largest absolute Gasteiger partial charge is 0.497 e. The normalized spacial score (nSPS) is 11.1. The number of hydrogen-bond acceptors (Lipinski definition) is 5. The van der Waals surface area contributed by atoms with E-state index >= 15 is 0 Å². The maximum Gasteiger partial charge on any atom is 0.191 e. The summed E-state index contributed by atoms with van der Waals surface area (Å²) in [4.78, 5) is 10.6. The number of thiazole rings is 1. The molecular formula is C22H29IN4O2S. The molecule has 2 aromatic heterocycles. The molecular weight excluding hydrogens is 511 g/mol. The molecule has 3 rings (SSSR count). The number of furan rings is 1. The van der Waals surface area contributed by atoms with E-state index in [4.69, 9.17) is 14.1 Å². The van der Waals surface area contributed by atoms with Crippen molar-refractivity contribution in [1.29, 1.82) is 0 Å². The van der Waals surface area contributed by atoms with Gasteiger partial charge in [0.2, 0.25) is 0 Å². The number of methoxy groups -OCH3 is 1. The minimum atomic E-state index is 0. The van der Waals surface area contributed by atoms with E-state index in [1.165, 1.54) is 4.88 Å². The van der Waals surface area contributed by atoms with E-state index in [1.807, 2.05) is 36.4 Å². The van der Waals surface area contributed by atoms with Crippen LogP contribution in [-0.2, 0) is 19.4 Å². The van der Waals surface area contributed by atoms with Crippen molar-refractivity contribution >= 4 is 41.3 Å². The summed E-state index contributed by atoms with van der Waals surface area (Å²) in [5.74, 6) is 2.60. The van der Waals surface area contributed by atoms with Crippen LogP contribution in [0.4, 0.5) is 0 Å². The zero-order valence-electron chi connectivity index (χ0n) is 17.6. The fourth-order valence-electron chi connectivity index (χ4n) is 2.77. The number of aryl methyl sites for hydroxylation is 2. The molecule has 6 nitrogen and oxygen atoms in total. The van der Waals surface area contributed by atoms with E-state index in [1.54, 1.807) is 24.7 Å². The highest BCUT2D eigenvalue weighted by molar-refractivity contribution is 14.0. The van der Waals surface area contributed by atoms with E-state index in [-0.39, 0.29) is 24.0 Å². The molecule has 0 saturated heterocycles. The van der Waals surface area contributed by atoms with Gasteiger partial charge in [0, 0.05) is 30.8 Å². The van der Waals surface area contributed by atoms with Crippen LogP contribution >= 0.6 is 35.3 Å². The third-order valence-electron chi connectivity index (χ3n) is 4.53. The summed E-state index contributed by atoms with van der Waals surface area (Å²) in [6.45, 7) is 6.29. The van der Waals surface area contributed by atoms with E-state index in [2.05, 4.69) is 29.5 Å². The molecule has 0 aliphatic rings. The molecule has 0 saturated carbocycles. The number of nitrogens with one attached hydrogen (secondary N) is 2. The molecule has 0 fully saturated rings. The first-order valence-electron chi connectivity index (χ1n) is 9.74. The SMILES string of the molecule is COc1ccc(CN=C(NCCc2ccco2)NCCc2nc(C)c(C)s2)cc1.I. The Morgan fingerprint density at radius 1 is 1.10 bits per heavy atom. The average molecular weight is 540 g/mol. The first kappa shape index (κ1) is 24.2. The standard InChI is InChI=1S/C22H28N4O2S.HI/c1-16-17(2)29-21(26-16)11-13-24-22(23-12-10-20-5-4-14-28-20)25-15-18-6-8-19(27-3)9-7-18;/h4-9,14H,10-13,15H2,1-3H3,(H2,23,24,25);1H. The Labute approximate surface area is 199 Å². The second-order valence-electron chi connectivity index (χ2n) is 6.70. The minimum Gasteiger partial charge on any atom is -0.497 e. The predicted molar refractivity (Wildman–Crippen MR) is 133 cm³/mol. The Balaban J connectivity index is 0.00000320. The van der Waals surface area contributed by atoms with Crippen LogP contribution in [-0.4, -0.2) is 31.1 Å². The zero-order valence-corrected chi connectivity index (χ0v) is 20.8. The fraction of sp³-hybridized carbons (Fsp3) is 0.364. The summed E-state index contributed by atoms with van der Waals surface area (Å²) < 4.78 is 10.6. The van der Waals surface area contributed by atoms with Gasteiger partial charge in [-0.05, 0) is 43.7 Å². The fourth-order valence-corrected chi connectivity index (χ4v) is 3.70. The summed E-state index contributed by atoms with van der Waals surface area (Å²) in [7, 11) is 1.67. The minimum absolute atomic E-state index is 0. The van der Waals surface area contributed by atoms with E-state index in [0.29, 0.717) is 6.54 Å². The molecule has 0 spiro atoms. The van der Waals surface area contributed by atoms with Gasteiger partial charge in [-0.3, -0.25) is 0 Å². The first-order chi connectivity index (χ1) is 14.1. The molecule has 0 amide bonds. The van der Waals surface area contributed by atoms with Crippen LogP contribution in [0.3, 0.4) is 0 Å². The van der Waals surface area contributed by atoms with Crippen molar-refractivity contribution in [2.75, 3.05) is 20.2 Å². The van der Waals surface area contributed by atoms with Gasteiger partial charge in [0.1, 0.15) is 11.5 Å². The number of hydrogen-bond donors (Lipinski definition) is 2. The molecule has 0 unspecified atom stereocenters. The van der Waals surface area contributed by atoms with Crippen LogP contribution < -0.4 is 15.4 Å². The molecule has 2 heterocycles. The summed E-state index contributed by atoms with van der Waals surface area (Å²) >= 11 is 1.76. The molecule has 2 N–H and O–H groups in total. The van der Waals surface area contributed by atoms with Gasteiger partial charge in [0.25, 0.3) is 0 Å². The molecule has 8 heteroatoms. The van der Waals surface area contributed by atoms with Crippen molar-refractivity contribution in [1.82, 2.24) is 15.6 Å². The van der Waals surface area contributed by atoms with Gasteiger partial charge in [-0.25, -0.2) is 9.98 Å². The van der Waals surface area contributed by atoms with Crippen LogP contribution in [0.2, 0.25) is 0 Å². The molecule has 0 bridgehead atoms. The zero-order chi connectivity index (χ0) is 20.5. The van der Waals surface area contributed by atoms with Gasteiger partial charge in [0.05, 0.1) is 30.6 Å². The Morgan fingerprint density at radius 2 is 1.83 bits per heavy atom. The lowest BCUT2D eigenvalue weighted by Gasteiger charge is -2.12. The second kappa shape index (κ2) is 12.6. The number of nitrogens with zero attached hydrogens (tertiary/aromatic N) is 2. The van der Waals surface area contributed by atoms with Crippen LogP contribution in [0.25, 0.3) is 0 Å². The summed E-state index contributed by atoms with van der Waals surface area (Å²) in [5, 5.41) is 7.96. The monoisotopic (exact) mass is 540 g/mol. The predicted octanol–water partition coefficient (Wildman–Crippen LogP) is 4.50. The molecule has 0 atom stereocenters. The molecule has 3 aromatic rings. The highest BCUT2D eigenvalue weighted by Crippen LogP contribution is 2.16. The number of aromatic nitrogens is 1. The van der Waals surface area contributed by atoms with Gasteiger partial charge in [-0.1, -0.05) is 12.1 Å². The number of guanidine groups is 1. The summed E-state index contributed by atoms with van der Waals surface area (Å²) in [6.07, 6.45) is 3.38. The molecule has 0 radical (unpaired) electrons. The Morgan fingerprint density at radius 3 is 2.43 bits per heavy atom. The summed E-state index contributed by atoms with van der Waals surface area (Å²) in [6, 6.07) is 11.9. The maximum atomic E-state index is 5.40. The topological polar surface area (TPSA) is 71.7 Å². The Bertz CT molecular complexity index is 888. The number of ether oxygens (including phenoxy) is 1. The number of halogens is 1. The van der Waals surface area contributed by atoms with Crippen molar-refractivity contribution < 1.29 is 9.15 Å². The third-order valence-corrected chi connectivity index (χ3v) is 5.66. The second-order valence-corrected chi connectivity index (χ2v) is 7.98. The lowest BCUT2D eigenvalue weighted by molar-refractivity contribution is 0.414. The van der Waals surface area contributed by atoms with Crippen molar-refractivity contribution in [3.05, 3.63) is 69.6 Å². The molecule has 0 aliphatic carbocycles. The van der Waals surface area contributed by atoms with E-state index in [0.717, 1.165) is 59.7 Å². The first-order valence-corrected chi connectivity index (χ1v) is 10.6. The van der Waals surface area contributed by atoms with Gasteiger partial charge in [0.15, 0.2) is 5.96 Å². The van der Waals surface area contributed by atoms with E-state index < -0.39 is 0 Å². The van der Waals surface area contributed by atoms with Crippen molar-refractivity contribution in [2.45, 2.75) is 33.2 Å². The van der Waals surface area contributed by atoms with Gasteiger partial charge < -0.3 is 19.8 Å². The summed E-state index contributed by atoms with van der Waals surface area (Å²) in [5.41, 5.74) is 2.25. The van der Waals surface area contributed by atoms with E-state index in [9.17, 15) is 0 Å². The molecule has 30 heavy (non-hydrogen) atoms. The molecule has 0 aliphatic heterocycles. The molecule has 1 aromatic carbocycles. The van der Waals surface area contributed by atoms with Gasteiger partial charge >= 0.3 is 0 Å².